The molecule has 3 aliphatic heterocycles. The Morgan fingerprint density at radius 2 is 1.70 bits per heavy atom. The van der Waals surface area contributed by atoms with E-state index in [1.165, 1.54) is 0 Å². The molecule has 0 unspecified atom stereocenters. The van der Waals surface area contributed by atoms with Crippen molar-refractivity contribution < 1.29 is 24.2 Å². The topological polar surface area (TPSA) is 90.3 Å². The van der Waals surface area contributed by atoms with E-state index in [9.17, 15) is 19.5 Å². The van der Waals surface area contributed by atoms with Gasteiger partial charge in [-0.25, -0.2) is 0 Å². The normalized spacial score (nSPS) is 26.0. The Balaban J connectivity index is 1.37. The van der Waals surface area contributed by atoms with Crippen LogP contribution in [-0.2, 0) is 32.9 Å². The lowest BCUT2D eigenvalue weighted by molar-refractivity contribution is -0.146. The third kappa shape index (κ3) is 4.13. The van der Waals surface area contributed by atoms with Gasteiger partial charge in [-0.15, -0.1) is 0 Å². The molecule has 208 valence electrons. The quantitative estimate of drug-likeness (QED) is 0.416. The summed E-state index contributed by atoms with van der Waals surface area (Å²) in [5.74, 6) is -0.347. The monoisotopic (exact) mass is 556 g/mol. The molecule has 8 heteroatoms. The fourth-order valence-electron chi connectivity index (χ4n) is 7.27. The van der Waals surface area contributed by atoms with Gasteiger partial charge in [-0.2, -0.15) is 0 Å². The van der Waals surface area contributed by atoms with Crippen LogP contribution in [0, 0.1) is 5.92 Å². The summed E-state index contributed by atoms with van der Waals surface area (Å²) in [7, 11) is -2.73. The first kappa shape index (κ1) is 26.9. The largest absolute Gasteiger partial charge is 0.432 e. The number of aliphatic hydroxyl groups is 1. The summed E-state index contributed by atoms with van der Waals surface area (Å²) in [5.41, 5.74) is 3.93. The lowest BCUT2D eigenvalue weighted by Gasteiger charge is -2.32. The third-order valence-corrected chi connectivity index (χ3v) is 11.4. The maximum atomic E-state index is 14.4. The van der Waals surface area contributed by atoms with Gasteiger partial charge in [0.05, 0.1) is 24.0 Å². The van der Waals surface area contributed by atoms with Crippen LogP contribution in [-0.4, -0.2) is 42.7 Å². The molecule has 1 saturated heterocycles. The molecular weight excluding hydrogens is 520 g/mol. The molecule has 2 amide bonds. The molecule has 3 aromatic carbocycles. The van der Waals surface area contributed by atoms with E-state index in [0.717, 1.165) is 40.2 Å². The number of ether oxygens (including phenoxy) is 1. The number of aliphatic hydroxyl groups excluding tert-OH is 1. The highest BCUT2D eigenvalue weighted by Gasteiger charge is 2.66. The Labute approximate surface area is 236 Å². The van der Waals surface area contributed by atoms with Crippen molar-refractivity contribution in [1.29, 1.82) is 0 Å². The molecular formula is C32H36N2O5Si. The Morgan fingerprint density at radius 1 is 0.975 bits per heavy atom. The van der Waals surface area contributed by atoms with Crippen molar-refractivity contribution in [3.63, 3.8) is 0 Å². The Kier molecular flexibility index (Phi) is 6.69. The number of benzene rings is 3. The molecule has 0 saturated carbocycles. The van der Waals surface area contributed by atoms with E-state index in [0.29, 0.717) is 19.4 Å². The van der Waals surface area contributed by atoms with Gasteiger partial charge in [0.25, 0.3) is 5.91 Å². The van der Waals surface area contributed by atoms with E-state index in [-0.39, 0.29) is 29.9 Å². The molecule has 4 atom stereocenters. The van der Waals surface area contributed by atoms with Gasteiger partial charge in [0.1, 0.15) is 0 Å². The van der Waals surface area contributed by atoms with Crippen LogP contribution in [0.4, 0.5) is 17.1 Å². The van der Waals surface area contributed by atoms with E-state index >= 15 is 0 Å². The van der Waals surface area contributed by atoms with Crippen molar-refractivity contribution in [2.24, 2.45) is 5.92 Å². The smallest absolute Gasteiger partial charge is 0.264 e. The summed E-state index contributed by atoms with van der Waals surface area (Å²) in [6, 6.07) is 23.6. The molecule has 3 aliphatic rings. The summed E-state index contributed by atoms with van der Waals surface area (Å²) in [5, 5.41) is 9.78. The Hall–Kier alpha value is -3.30. The predicted molar refractivity (Wildman–Crippen MR) is 157 cm³/mol. The standard InChI is InChI=1S/C32H36N2O5Si/c1-21-30(40(2,3)38)28(17-18-35)39-32(21)25-12-5-7-14-27(25)33(31(32)37)20-22-9-8-11-24(19-22)34-26-13-6-4-10-23(26)15-16-29(34)36/h4-14,19,21,28,30,35,38H,15-18,20H2,1-3H3/t21-,28+,30-,32+/m1/s1. The van der Waals surface area contributed by atoms with E-state index in [2.05, 4.69) is 6.07 Å². The van der Waals surface area contributed by atoms with Gasteiger partial charge in [0.2, 0.25) is 5.91 Å². The first-order valence-corrected chi connectivity index (χ1v) is 17.1. The van der Waals surface area contributed by atoms with Crippen molar-refractivity contribution in [3.8, 4) is 0 Å². The minimum atomic E-state index is -2.73. The number of nitrogens with zero attached hydrogens (tertiary/aromatic N) is 2. The van der Waals surface area contributed by atoms with Gasteiger partial charge in [-0.1, -0.05) is 55.5 Å². The molecule has 0 bridgehead atoms. The van der Waals surface area contributed by atoms with Crippen LogP contribution in [0.1, 0.15) is 36.5 Å². The molecule has 2 N–H and O–H groups in total. The fourth-order valence-corrected chi connectivity index (χ4v) is 9.88. The van der Waals surface area contributed by atoms with E-state index in [1.54, 1.807) is 9.80 Å². The minimum absolute atomic E-state index is 0.0577. The van der Waals surface area contributed by atoms with Crippen LogP contribution >= 0.6 is 0 Å². The summed E-state index contributed by atoms with van der Waals surface area (Å²) in [4.78, 5) is 42.3. The molecule has 3 aromatic rings. The van der Waals surface area contributed by atoms with Crippen molar-refractivity contribution >= 4 is 37.2 Å². The average molecular weight is 557 g/mol. The Morgan fingerprint density at radius 3 is 2.45 bits per heavy atom. The summed E-state index contributed by atoms with van der Waals surface area (Å²) in [6.45, 7) is 6.02. The van der Waals surface area contributed by atoms with Crippen molar-refractivity contribution in [2.75, 3.05) is 16.4 Å². The number of hydrogen-bond acceptors (Lipinski definition) is 5. The number of carbonyl (C=O) groups is 2. The number of anilines is 3. The van der Waals surface area contributed by atoms with Crippen molar-refractivity contribution in [1.82, 2.24) is 0 Å². The van der Waals surface area contributed by atoms with Crippen LogP contribution in [0.3, 0.4) is 0 Å². The maximum absolute atomic E-state index is 14.4. The number of rotatable bonds is 6. The fraction of sp³-hybridized carbons (Fsp3) is 0.375. The first-order valence-electron chi connectivity index (χ1n) is 14.1. The zero-order valence-corrected chi connectivity index (χ0v) is 24.2. The van der Waals surface area contributed by atoms with Gasteiger partial charge >= 0.3 is 0 Å². The molecule has 1 spiro atoms. The molecule has 0 radical (unpaired) electrons. The van der Waals surface area contributed by atoms with E-state index in [4.69, 9.17) is 4.74 Å². The summed E-state index contributed by atoms with van der Waals surface area (Å²) >= 11 is 0. The third-order valence-electron chi connectivity index (χ3n) is 8.90. The van der Waals surface area contributed by atoms with Crippen LogP contribution in [0.15, 0.2) is 72.8 Å². The van der Waals surface area contributed by atoms with Gasteiger partial charge in [0.15, 0.2) is 13.9 Å². The summed E-state index contributed by atoms with van der Waals surface area (Å²) < 4.78 is 6.65. The lowest BCUT2D eigenvalue weighted by Crippen LogP contribution is -2.46. The molecule has 0 aliphatic carbocycles. The van der Waals surface area contributed by atoms with E-state index < -0.39 is 20.0 Å². The molecule has 6 rings (SSSR count). The SMILES string of the molecule is C[C@@H]1[C@@H]([Si](C)(C)O)[C@H](CCO)O[C@@]12C(=O)N(Cc1cccc(N3C(=O)CCc4ccccc43)c1)c1ccccc12. The number of carbonyl (C=O) groups excluding carboxylic acids is 2. The minimum Gasteiger partial charge on any atom is -0.432 e. The number of aryl methyl sites for hydroxylation is 1. The highest BCUT2D eigenvalue weighted by atomic mass is 28.4. The second kappa shape index (κ2) is 9.96. The number of hydrogen-bond donors (Lipinski definition) is 2. The molecule has 1 fully saturated rings. The van der Waals surface area contributed by atoms with Crippen molar-refractivity contribution in [2.45, 2.75) is 63.1 Å². The lowest BCUT2D eigenvalue weighted by atomic mass is 9.82. The second-order valence-corrected chi connectivity index (χ2v) is 15.8. The van der Waals surface area contributed by atoms with Crippen molar-refractivity contribution in [3.05, 3.63) is 89.5 Å². The van der Waals surface area contributed by atoms with Gasteiger partial charge < -0.3 is 19.5 Å². The van der Waals surface area contributed by atoms with Crippen LogP contribution in [0.2, 0.25) is 18.6 Å². The zero-order valence-electron chi connectivity index (χ0n) is 23.2. The molecule has 40 heavy (non-hydrogen) atoms. The number of para-hydroxylation sites is 2. The van der Waals surface area contributed by atoms with Gasteiger partial charge in [-0.05, 0) is 61.3 Å². The maximum Gasteiger partial charge on any atom is 0.264 e. The zero-order chi connectivity index (χ0) is 28.2. The Bertz CT molecular complexity index is 1470. The van der Waals surface area contributed by atoms with Crippen LogP contribution in [0.5, 0.6) is 0 Å². The van der Waals surface area contributed by atoms with Gasteiger partial charge in [0, 0.05) is 35.7 Å². The van der Waals surface area contributed by atoms with Gasteiger partial charge in [-0.3, -0.25) is 14.5 Å². The number of amides is 2. The molecule has 7 nitrogen and oxygen atoms in total. The van der Waals surface area contributed by atoms with E-state index in [1.807, 2.05) is 86.7 Å². The first-order chi connectivity index (χ1) is 19.2. The predicted octanol–water partition coefficient (Wildman–Crippen LogP) is 5.02. The molecule has 0 aromatic heterocycles. The van der Waals surface area contributed by atoms with Crippen LogP contribution in [0.25, 0.3) is 0 Å². The van der Waals surface area contributed by atoms with Crippen LogP contribution < -0.4 is 9.80 Å². The highest BCUT2D eigenvalue weighted by Crippen LogP contribution is 2.59. The molecule has 3 heterocycles. The summed E-state index contributed by atoms with van der Waals surface area (Å²) in [6.07, 6.45) is 1.15. The average Bonchev–Trinajstić information content (AvgIpc) is 3.36. The second-order valence-electron chi connectivity index (χ2n) is 11.8. The highest BCUT2D eigenvalue weighted by molar-refractivity contribution is 6.71. The number of fused-ring (bicyclic) bond motifs is 3.